The maximum absolute atomic E-state index is 11.8. The molecule has 24 heavy (non-hydrogen) atoms. The standard InChI is InChI=1S/C17H25N3O4/c1-11-5-8-14(15(9-11)20(22)23)18-12-6-7-13(10-12)19-16(21)24-17(2,3)4/h5,8-9,12-13,18H,6-7,10H2,1-4H3,(H,19,21)/t12-,13-/m1/s1. The van der Waals surface area contributed by atoms with Crippen molar-refractivity contribution in [3.63, 3.8) is 0 Å². The molecule has 132 valence electrons. The Morgan fingerprint density at radius 2 is 1.96 bits per heavy atom. The summed E-state index contributed by atoms with van der Waals surface area (Å²) in [7, 11) is 0. The van der Waals surface area contributed by atoms with Crippen molar-refractivity contribution in [2.75, 3.05) is 5.32 Å². The molecule has 0 aromatic heterocycles. The van der Waals surface area contributed by atoms with Crippen LogP contribution in [0.1, 0.15) is 45.6 Å². The number of carbonyl (C=O) groups excluding carboxylic acids is 1. The van der Waals surface area contributed by atoms with Crippen molar-refractivity contribution in [3.05, 3.63) is 33.9 Å². The number of benzene rings is 1. The van der Waals surface area contributed by atoms with E-state index >= 15 is 0 Å². The molecule has 0 saturated heterocycles. The normalized spacial score (nSPS) is 20.5. The second-order valence-corrected chi connectivity index (χ2v) is 7.28. The molecule has 1 saturated carbocycles. The molecular formula is C17H25N3O4. The van der Waals surface area contributed by atoms with Gasteiger partial charge in [0, 0.05) is 18.2 Å². The first-order valence-corrected chi connectivity index (χ1v) is 8.15. The van der Waals surface area contributed by atoms with Crippen molar-refractivity contribution in [2.24, 2.45) is 0 Å². The van der Waals surface area contributed by atoms with Gasteiger partial charge in [-0.3, -0.25) is 10.1 Å². The van der Waals surface area contributed by atoms with Gasteiger partial charge in [-0.15, -0.1) is 0 Å². The van der Waals surface area contributed by atoms with Gasteiger partial charge >= 0.3 is 6.09 Å². The third kappa shape index (κ3) is 5.11. The number of aryl methyl sites for hydroxylation is 1. The van der Waals surface area contributed by atoms with Crippen LogP contribution in [0.3, 0.4) is 0 Å². The van der Waals surface area contributed by atoms with Gasteiger partial charge in [-0.2, -0.15) is 0 Å². The van der Waals surface area contributed by atoms with Crippen molar-refractivity contribution in [3.8, 4) is 0 Å². The van der Waals surface area contributed by atoms with Crippen LogP contribution in [0.15, 0.2) is 18.2 Å². The minimum Gasteiger partial charge on any atom is -0.444 e. The van der Waals surface area contributed by atoms with Crippen LogP contribution in [0, 0.1) is 17.0 Å². The fraction of sp³-hybridized carbons (Fsp3) is 0.588. The Bertz CT molecular complexity index is 625. The summed E-state index contributed by atoms with van der Waals surface area (Å²) in [6.45, 7) is 7.29. The first-order chi connectivity index (χ1) is 11.1. The van der Waals surface area contributed by atoms with Gasteiger partial charge in [0.25, 0.3) is 5.69 Å². The lowest BCUT2D eigenvalue weighted by molar-refractivity contribution is -0.384. The van der Waals surface area contributed by atoms with E-state index in [9.17, 15) is 14.9 Å². The van der Waals surface area contributed by atoms with E-state index in [0.717, 1.165) is 18.4 Å². The third-order valence-corrected chi connectivity index (χ3v) is 3.86. The molecule has 2 N–H and O–H groups in total. The minimum atomic E-state index is -0.525. The van der Waals surface area contributed by atoms with Crippen LogP contribution in [0.25, 0.3) is 0 Å². The lowest BCUT2D eigenvalue weighted by Gasteiger charge is -2.22. The van der Waals surface area contributed by atoms with Crippen LogP contribution in [-0.2, 0) is 4.74 Å². The van der Waals surface area contributed by atoms with Gasteiger partial charge in [-0.1, -0.05) is 6.07 Å². The Balaban J connectivity index is 1.93. The van der Waals surface area contributed by atoms with E-state index in [4.69, 9.17) is 4.74 Å². The topological polar surface area (TPSA) is 93.5 Å². The Labute approximate surface area is 141 Å². The molecule has 7 nitrogen and oxygen atoms in total. The zero-order chi connectivity index (χ0) is 17.9. The number of hydrogen-bond acceptors (Lipinski definition) is 5. The molecule has 0 bridgehead atoms. The SMILES string of the molecule is Cc1ccc(N[C@@H]2CC[C@@H](NC(=O)OC(C)(C)C)C2)c([N+](=O)[O-])c1. The summed E-state index contributed by atoms with van der Waals surface area (Å²) in [4.78, 5) is 22.6. The molecule has 1 aliphatic rings. The minimum absolute atomic E-state index is 0.0156. The highest BCUT2D eigenvalue weighted by atomic mass is 16.6. The Morgan fingerprint density at radius 3 is 2.58 bits per heavy atom. The molecule has 0 radical (unpaired) electrons. The number of nitrogens with zero attached hydrogens (tertiary/aromatic N) is 1. The number of anilines is 1. The molecule has 2 atom stereocenters. The van der Waals surface area contributed by atoms with Gasteiger partial charge in [0.15, 0.2) is 0 Å². The summed E-state index contributed by atoms with van der Waals surface area (Å²) in [5.41, 5.74) is 0.929. The van der Waals surface area contributed by atoms with Crippen molar-refractivity contribution >= 4 is 17.5 Å². The van der Waals surface area contributed by atoms with Gasteiger partial charge in [-0.25, -0.2) is 4.79 Å². The number of nitrogens with one attached hydrogen (secondary N) is 2. The first-order valence-electron chi connectivity index (χ1n) is 8.15. The average Bonchev–Trinajstić information content (AvgIpc) is 2.85. The van der Waals surface area contributed by atoms with Crippen LogP contribution >= 0.6 is 0 Å². The average molecular weight is 335 g/mol. The van der Waals surface area contributed by atoms with E-state index in [1.807, 2.05) is 33.8 Å². The quantitative estimate of drug-likeness (QED) is 0.645. The maximum atomic E-state index is 11.8. The molecule has 0 unspecified atom stereocenters. The molecule has 0 heterocycles. The largest absolute Gasteiger partial charge is 0.444 e. The number of rotatable bonds is 4. The number of nitro groups is 1. The zero-order valence-corrected chi connectivity index (χ0v) is 14.6. The van der Waals surface area contributed by atoms with Crippen molar-refractivity contribution in [1.29, 1.82) is 0 Å². The first kappa shape index (κ1) is 18.0. The predicted molar refractivity (Wildman–Crippen MR) is 92.3 cm³/mol. The zero-order valence-electron chi connectivity index (χ0n) is 14.6. The molecule has 0 spiro atoms. The number of amides is 1. The number of alkyl carbamates (subject to hydrolysis) is 1. The lowest BCUT2D eigenvalue weighted by atomic mass is 10.1. The van der Waals surface area contributed by atoms with Crippen molar-refractivity contribution in [2.45, 2.75) is 64.6 Å². The molecule has 0 aliphatic heterocycles. The van der Waals surface area contributed by atoms with E-state index in [1.54, 1.807) is 12.1 Å². The smallest absolute Gasteiger partial charge is 0.407 e. The van der Waals surface area contributed by atoms with Gasteiger partial charge in [0.2, 0.25) is 0 Å². The van der Waals surface area contributed by atoms with Crippen LogP contribution < -0.4 is 10.6 Å². The summed E-state index contributed by atoms with van der Waals surface area (Å²) >= 11 is 0. The molecule has 7 heteroatoms. The van der Waals surface area contributed by atoms with E-state index in [0.29, 0.717) is 12.1 Å². The van der Waals surface area contributed by atoms with E-state index < -0.39 is 11.7 Å². The summed E-state index contributed by atoms with van der Waals surface area (Å²) in [6, 6.07) is 5.25. The Hall–Kier alpha value is -2.31. The number of nitro benzene ring substituents is 1. The van der Waals surface area contributed by atoms with Crippen LogP contribution in [0.2, 0.25) is 0 Å². The molecule has 1 amide bonds. The molecule has 1 aromatic carbocycles. The molecular weight excluding hydrogens is 310 g/mol. The highest BCUT2D eigenvalue weighted by Gasteiger charge is 2.29. The highest BCUT2D eigenvalue weighted by Crippen LogP contribution is 2.30. The summed E-state index contributed by atoms with van der Waals surface area (Å²) in [6.07, 6.45) is 1.95. The highest BCUT2D eigenvalue weighted by molar-refractivity contribution is 5.68. The predicted octanol–water partition coefficient (Wildman–Crippen LogP) is 3.76. The number of ether oxygens (including phenoxy) is 1. The van der Waals surface area contributed by atoms with Gasteiger partial charge in [0.1, 0.15) is 11.3 Å². The maximum Gasteiger partial charge on any atom is 0.407 e. The van der Waals surface area contributed by atoms with Crippen LogP contribution in [0.4, 0.5) is 16.2 Å². The van der Waals surface area contributed by atoms with Gasteiger partial charge in [-0.05, 0) is 58.6 Å². The molecule has 2 rings (SSSR count). The third-order valence-electron chi connectivity index (χ3n) is 3.86. The van der Waals surface area contributed by atoms with Crippen molar-refractivity contribution < 1.29 is 14.5 Å². The van der Waals surface area contributed by atoms with Gasteiger partial charge < -0.3 is 15.4 Å². The van der Waals surface area contributed by atoms with Crippen LogP contribution in [-0.4, -0.2) is 28.7 Å². The summed E-state index contributed by atoms with van der Waals surface area (Å²) in [5, 5.41) is 17.3. The number of carbonyl (C=O) groups is 1. The fourth-order valence-corrected chi connectivity index (χ4v) is 2.85. The molecule has 1 aliphatic carbocycles. The van der Waals surface area contributed by atoms with E-state index in [-0.39, 0.29) is 22.7 Å². The number of hydrogen-bond donors (Lipinski definition) is 2. The second-order valence-electron chi connectivity index (χ2n) is 7.28. The van der Waals surface area contributed by atoms with Crippen LogP contribution in [0.5, 0.6) is 0 Å². The van der Waals surface area contributed by atoms with E-state index in [1.165, 1.54) is 0 Å². The summed E-state index contributed by atoms with van der Waals surface area (Å²) < 4.78 is 5.26. The lowest BCUT2D eigenvalue weighted by Crippen LogP contribution is -2.38. The molecule has 1 aromatic rings. The van der Waals surface area contributed by atoms with E-state index in [2.05, 4.69) is 10.6 Å². The van der Waals surface area contributed by atoms with Crippen molar-refractivity contribution in [1.82, 2.24) is 5.32 Å². The monoisotopic (exact) mass is 335 g/mol. The fourth-order valence-electron chi connectivity index (χ4n) is 2.85. The Kier molecular flexibility index (Phi) is 5.31. The molecule has 1 fully saturated rings. The second kappa shape index (κ2) is 7.07. The summed E-state index contributed by atoms with van der Waals surface area (Å²) in [5.74, 6) is 0. The Morgan fingerprint density at radius 1 is 1.29 bits per heavy atom. The van der Waals surface area contributed by atoms with Gasteiger partial charge in [0.05, 0.1) is 4.92 Å².